The fourth-order valence-electron chi connectivity index (χ4n) is 0.968. The smallest absolute Gasteiger partial charge is 0.0523 e. The first kappa shape index (κ1) is 10.3. The maximum absolute atomic E-state index is 5.29. The third-order valence-corrected chi connectivity index (χ3v) is 2.78. The molecule has 1 heterocycles. The van der Waals surface area contributed by atoms with E-state index in [0.29, 0.717) is 0 Å². The zero-order valence-electron chi connectivity index (χ0n) is 7.79. The van der Waals surface area contributed by atoms with Gasteiger partial charge in [0.15, 0.2) is 0 Å². The summed E-state index contributed by atoms with van der Waals surface area (Å²) < 4.78 is 0. The van der Waals surface area contributed by atoms with Crippen molar-refractivity contribution in [2.75, 3.05) is 11.2 Å². The van der Waals surface area contributed by atoms with Crippen LogP contribution in [-0.2, 0) is 5.75 Å². The maximum atomic E-state index is 5.29. The first-order valence-corrected chi connectivity index (χ1v) is 5.51. The van der Waals surface area contributed by atoms with Gasteiger partial charge in [-0.25, -0.2) is 0 Å². The van der Waals surface area contributed by atoms with Crippen LogP contribution in [0.3, 0.4) is 0 Å². The Bertz CT molecular complexity index is 252. The van der Waals surface area contributed by atoms with Gasteiger partial charge in [0.05, 0.1) is 11.4 Å². The van der Waals surface area contributed by atoms with E-state index in [9.17, 15) is 0 Å². The molecule has 72 valence electrons. The lowest BCUT2D eigenvalue weighted by molar-refractivity contribution is 1.10. The Balaban J connectivity index is 2.46. The number of hydrazine groups is 1. The predicted octanol–water partition coefficient (Wildman–Crippen LogP) is 2.01. The van der Waals surface area contributed by atoms with Crippen LogP contribution in [0, 0.1) is 0 Å². The highest BCUT2D eigenvalue weighted by Crippen LogP contribution is 2.13. The van der Waals surface area contributed by atoms with Crippen LogP contribution in [0.15, 0.2) is 18.3 Å². The molecule has 0 fully saturated rings. The minimum atomic E-state index is 0.919. The Morgan fingerprint density at radius 2 is 2.46 bits per heavy atom. The van der Waals surface area contributed by atoms with Gasteiger partial charge in [-0.2, -0.15) is 11.8 Å². The van der Waals surface area contributed by atoms with E-state index in [1.807, 2.05) is 23.9 Å². The molecule has 0 atom stereocenters. The third-order valence-electron chi connectivity index (χ3n) is 1.58. The van der Waals surface area contributed by atoms with E-state index >= 15 is 0 Å². The number of rotatable bonds is 5. The molecule has 1 rings (SSSR count). The lowest BCUT2D eigenvalue weighted by Crippen LogP contribution is -2.07. The number of thioether (sulfide) groups is 1. The minimum absolute atomic E-state index is 0.919. The molecule has 0 radical (unpaired) electrons. The van der Waals surface area contributed by atoms with Crippen LogP contribution < -0.4 is 11.3 Å². The Kier molecular flexibility index (Phi) is 4.64. The van der Waals surface area contributed by atoms with Crippen molar-refractivity contribution in [1.29, 1.82) is 0 Å². The number of hydrogen-bond acceptors (Lipinski definition) is 4. The fraction of sp³-hybridized carbons (Fsp3) is 0.444. The highest BCUT2D eigenvalue weighted by molar-refractivity contribution is 7.98. The van der Waals surface area contributed by atoms with E-state index in [1.165, 1.54) is 12.2 Å². The molecular weight excluding hydrogens is 182 g/mol. The molecule has 0 aliphatic carbocycles. The van der Waals surface area contributed by atoms with Gasteiger partial charge in [0, 0.05) is 11.9 Å². The number of hydrogen-bond donors (Lipinski definition) is 2. The molecule has 0 bridgehead atoms. The average molecular weight is 197 g/mol. The van der Waals surface area contributed by atoms with Crippen molar-refractivity contribution in [3.8, 4) is 0 Å². The summed E-state index contributed by atoms with van der Waals surface area (Å²) in [6.45, 7) is 2.18. The molecule has 0 unspecified atom stereocenters. The minimum Gasteiger partial charge on any atom is -0.324 e. The normalized spacial score (nSPS) is 10.0. The van der Waals surface area contributed by atoms with Gasteiger partial charge in [0.25, 0.3) is 0 Å². The number of nitrogen functional groups attached to an aromatic ring is 1. The molecule has 1 aromatic rings. The molecule has 0 aliphatic rings. The largest absolute Gasteiger partial charge is 0.324 e. The molecule has 0 saturated heterocycles. The molecule has 0 aromatic carbocycles. The fourth-order valence-corrected chi connectivity index (χ4v) is 1.77. The highest BCUT2D eigenvalue weighted by atomic mass is 32.2. The van der Waals surface area contributed by atoms with Crippen LogP contribution in [0.4, 0.5) is 5.69 Å². The van der Waals surface area contributed by atoms with Crippen LogP contribution in [0.5, 0.6) is 0 Å². The van der Waals surface area contributed by atoms with Gasteiger partial charge in [0.2, 0.25) is 0 Å². The molecule has 3 nitrogen and oxygen atoms in total. The van der Waals surface area contributed by atoms with Crippen molar-refractivity contribution >= 4 is 17.4 Å². The molecule has 3 N–H and O–H groups in total. The SMILES string of the molecule is CCCSCc1cc(NN)ccn1. The molecular formula is C9H15N3S. The summed E-state index contributed by atoms with van der Waals surface area (Å²) in [5.74, 6) is 7.43. The summed E-state index contributed by atoms with van der Waals surface area (Å²) in [5.41, 5.74) is 4.60. The van der Waals surface area contributed by atoms with Crippen LogP contribution >= 0.6 is 11.8 Å². The first-order valence-electron chi connectivity index (χ1n) is 4.36. The average Bonchev–Trinajstić information content (AvgIpc) is 2.19. The van der Waals surface area contributed by atoms with Crippen molar-refractivity contribution in [3.05, 3.63) is 24.0 Å². The number of anilines is 1. The number of aromatic nitrogens is 1. The molecule has 0 amide bonds. The van der Waals surface area contributed by atoms with Crippen molar-refractivity contribution in [3.63, 3.8) is 0 Å². The molecule has 0 aliphatic heterocycles. The van der Waals surface area contributed by atoms with E-state index in [0.717, 1.165) is 17.1 Å². The summed E-state index contributed by atoms with van der Waals surface area (Å²) in [6.07, 6.45) is 2.98. The van der Waals surface area contributed by atoms with Gasteiger partial charge in [-0.3, -0.25) is 10.8 Å². The van der Waals surface area contributed by atoms with Gasteiger partial charge >= 0.3 is 0 Å². The van der Waals surface area contributed by atoms with Crippen LogP contribution in [0.25, 0.3) is 0 Å². The second-order valence-corrected chi connectivity index (χ2v) is 3.84. The van der Waals surface area contributed by atoms with E-state index in [4.69, 9.17) is 5.84 Å². The summed E-state index contributed by atoms with van der Waals surface area (Å²) in [5, 5.41) is 0. The van der Waals surface area contributed by atoms with Crippen molar-refractivity contribution in [2.45, 2.75) is 19.1 Å². The van der Waals surface area contributed by atoms with Crippen LogP contribution in [0.1, 0.15) is 19.0 Å². The molecule has 4 heteroatoms. The second-order valence-electron chi connectivity index (χ2n) is 2.73. The van der Waals surface area contributed by atoms with Gasteiger partial charge in [0.1, 0.15) is 0 Å². The number of nitrogens with two attached hydrogens (primary N) is 1. The standard InChI is InChI=1S/C9H15N3S/c1-2-5-13-7-9-6-8(12-10)3-4-11-9/h3-4,6H,2,5,7,10H2,1H3,(H,11,12). The van der Waals surface area contributed by atoms with Crippen molar-refractivity contribution in [2.24, 2.45) is 5.84 Å². The lowest BCUT2D eigenvalue weighted by Gasteiger charge is -2.02. The summed E-state index contributed by atoms with van der Waals surface area (Å²) in [7, 11) is 0. The Morgan fingerprint density at radius 1 is 1.62 bits per heavy atom. The summed E-state index contributed by atoms with van der Waals surface area (Å²) in [4.78, 5) is 4.24. The zero-order valence-corrected chi connectivity index (χ0v) is 8.60. The van der Waals surface area contributed by atoms with Gasteiger partial charge < -0.3 is 5.43 Å². The van der Waals surface area contributed by atoms with E-state index in [-0.39, 0.29) is 0 Å². The Hall–Kier alpha value is -0.740. The van der Waals surface area contributed by atoms with E-state index in [2.05, 4.69) is 17.3 Å². The summed E-state index contributed by atoms with van der Waals surface area (Å²) >= 11 is 1.89. The number of nitrogens with zero attached hydrogens (tertiary/aromatic N) is 1. The summed E-state index contributed by atoms with van der Waals surface area (Å²) in [6, 6.07) is 3.83. The third kappa shape index (κ3) is 3.65. The second kappa shape index (κ2) is 5.83. The first-order chi connectivity index (χ1) is 6.36. The predicted molar refractivity (Wildman–Crippen MR) is 58.5 cm³/mol. The van der Waals surface area contributed by atoms with Crippen LogP contribution in [-0.4, -0.2) is 10.7 Å². The topological polar surface area (TPSA) is 50.9 Å². The van der Waals surface area contributed by atoms with Crippen LogP contribution in [0.2, 0.25) is 0 Å². The van der Waals surface area contributed by atoms with Crippen molar-refractivity contribution < 1.29 is 0 Å². The highest BCUT2D eigenvalue weighted by Gasteiger charge is 1.95. The van der Waals surface area contributed by atoms with Gasteiger partial charge in [-0.05, 0) is 24.3 Å². The van der Waals surface area contributed by atoms with E-state index < -0.39 is 0 Å². The Morgan fingerprint density at radius 3 is 3.15 bits per heavy atom. The number of pyridine rings is 1. The quantitative estimate of drug-likeness (QED) is 0.431. The molecule has 1 aromatic heterocycles. The van der Waals surface area contributed by atoms with Crippen molar-refractivity contribution in [1.82, 2.24) is 4.98 Å². The lowest BCUT2D eigenvalue weighted by atomic mass is 10.3. The maximum Gasteiger partial charge on any atom is 0.0523 e. The van der Waals surface area contributed by atoms with Gasteiger partial charge in [-0.1, -0.05) is 6.92 Å². The van der Waals surface area contributed by atoms with E-state index in [1.54, 1.807) is 6.20 Å². The number of nitrogens with one attached hydrogen (secondary N) is 1. The molecule has 0 saturated carbocycles. The zero-order chi connectivity index (χ0) is 9.52. The Labute approximate surface area is 83.1 Å². The van der Waals surface area contributed by atoms with Gasteiger partial charge in [-0.15, -0.1) is 0 Å². The molecule has 13 heavy (non-hydrogen) atoms. The monoisotopic (exact) mass is 197 g/mol. The molecule has 0 spiro atoms.